The van der Waals surface area contributed by atoms with Gasteiger partial charge >= 0.3 is 0 Å². The van der Waals surface area contributed by atoms with Crippen molar-refractivity contribution in [3.63, 3.8) is 0 Å². The number of rotatable bonds is 3. The molecule has 1 aliphatic rings. The van der Waals surface area contributed by atoms with Gasteiger partial charge in [0.25, 0.3) is 5.91 Å². The van der Waals surface area contributed by atoms with Crippen LogP contribution in [0.3, 0.4) is 0 Å². The topological polar surface area (TPSA) is 136 Å². The van der Waals surface area contributed by atoms with Crippen molar-refractivity contribution in [3.05, 3.63) is 59.4 Å². The molecular weight excluding hydrogens is 434 g/mol. The molecule has 3 N–H and O–H groups in total. The summed E-state index contributed by atoms with van der Waals surface area (Å²) < 4.78 is 6.73. The predicted octanol–water partition coefficient (Wildman–Crippen LogP) is 2.19. The minimum atomic E-state index is -1.50. The summed E-state index contributed by atoms with van der Waals surface area (Å²) in [5, 5.41) is 14.6. The highest BCUT2D eigenvalue weighted by molar-refractivity contribution is 5.96. The van der Waals surface area contributed by atoms with Crippen molar-refractivity contribution in [1.82, 2.24) is 29.6 Å². The number of nitrogen functional groups attached to an aromatic ring is 1. The Balaban J connectivity index is 1.62. The number of hydrogen-bond acceptors (Lipinski definition) is 8. The van der Waals surface area contributed by atoms with Crippen molar-refractivity contribution in [3.8, 4) is 17.7 Å². The normalized spacial score (nSPS) is 15.2. The number of aliphatic hydroxyl groups is 1. The minimum Gasteiger partial charge on any atom is -0.372 e. The molecule has 3 aromatic heterocycles. The fraction of sp³-hybridized carbons (Fsp3) is 0.292. The summed E-state index contributed by atoms with van der Waals surface area (Å²) in [6, 6.07) is 8.70. The third-order valence-electron chi connectivity index (χ3n) is 5.70. The molecule has 0 radical (unpaired) electrons. The van der Waals surface area contributed by atoms with Gasteiger partial charge < -0.3 is 20.3 Å². The SMILES string of the molecule is Cc1cc(C(C)(O)C#Cc2ccc3nc(C(=O)N4CCCC4)n(-c4ccnc(N)n4)c3c2)no1. The molecule has 1 atom stereocenters. The number of amides is 1. The first-order valence-electron chi connectivity index (χ1n) is 10.9. The summed E-state index contributed by atoms with van der Waals surface area (Å²) in [6.07, 6.45) is 3.47. The molecule has 0 bridgehead atoms. The van der Waals surface area contributed by atoms with Gasteiger partial charge in [-0.05, 0) is 51.0 Å². The molecule has 0 saturated carbocycles. The van der Waals surface area contributed by atoms with E-state index < -0.39 is 5.60 Å². The van der Waals surface area contributed by atoms with Gasteiger partial charge in [-0.25, -0.2) is 9.97 Å². The maximum atomic E-state index is 13.3. The number of carbonyl (C=O) groups is 1. The number of fused-ring (bicyclic) bond motifs is 1. The van der Waals surface area contributed by atoms with Gasteiger partial charge in [-0.1, -0.05) is 17.0 Å². The molecule has 34 heavy (non-hydrogen) atoms. The average molecular weight is 457 g/mol. The molecule has 1 saturated heterocycles. The molecular formula is C24H23N7O3. The van der Waals surface area contributed by atoms with E-state index in [-0.39, 0.29) is 17.7 Å². The maximum Gasteiger partial charge on any atom is 0.290 e. The molecule has 4 heterocycles. The van der Waals surface area contributed by atoms with Crippen LogP contribution in [0.15, 0.2) is 41.1 Å². The third-order valence-corrected chi connectivity index (χ3v) is 5.70. The zero-order valence-electron chi connectivity index (χ0n) is 18.8. The number of nitrogens with two attached hydrogens (primary N) is 1. The van der Waals surface area contributed by atoms with E-state index in [9.17, 15) is 9.90 Å². The van der Waals surface area contributed by atoms with E-state index in [4.69, 9.17) is 10.3 Å². The lowest BCUT2D eigenvalue weighted by atomic mass is 10.0. The molecule has 10 nitrogen and oxygen atoms in total. The van der Waals surface area contributed by atoms with Crippen LogP contribution in [0, 0.1) is 18.8 Å². The summed E-state index contributed by atoms with van der Waals surface area (Å²) in [4.78, 5) is 28.0. The molecule has 1 amide bonds. The Morgan fingerprint density at radius 3 is 2.71 bits per heavy atom. The number of likely N-dealkylation sites (tertiary alicyclic amines) is 1. The zero-order valence-corrected chi connectivity index (χ0v) is 18.8. The second kappa shape index (κ2) is 8.28. The number of anilines is 1. The van der Waals surface area contributed by atoms with Gasteiger partial charge in [0, 0.05) is 30.9 Å². The van der Waals surface area contributed by atoms with Crippen LogP contribution in [-0.4, -0.2) is 53.7 Å². The molecule has 1 unspecified atom stereocenters. The van der Waals surface area contributed by atoms with Crippen LogP contribution >= 0.6 is 0 Å². The highest BCUT2D eigenvalue weighted by atomic mass is 16.5. The fourth-order valence-corrected chi connectivity index (χ4v) is 3.93. The second-order valence-electron chi connectivity index (χ2n) is 8.39. The van der Waals surface area contributed by atoms with E-state index in [1.807, 2.05) is 0 Å². The number of carbonyl (C=O) groups excluding carboxylic acids is 1. The summed E-state index contributed by atoms with van der Waals surface area (Å²) in [5.41, 5.74) is 6.54. The summed E-state index contributed by atoms with van der Waals surface area (Å²) in [5.74, 6) is 7.04. The molecule has 1 fully saturated rings. The first kappa shape index (κ1) is 21.6. The van der Waals surface area contributed by atoms with Gasteiger partial charge in [0.1, 0.15) is 17.3 Å². The van der Waals surface area contributed by atoms with E-state index in [2.05, 4.69) is 31.9 Å². The highest BCUT2D eigenvalue weighted by Gasteiger charge is 2.27. The highest BCUT2D eigenvalue weighted by Crippen LogP contribution is 2.25. The van der Waals surface area contributed by atoms with Gasteiger partial charge in [-0.2, -0.15) is 4.98 Å². The van der Waals surface area contributed by atoms with E-state index in [1.165, 1.54) is 6.20 Å². The first-order valence-corrected chi connectivity index (χ1v) is 10.9. The Bertz CT molecular complexity index is 1450. The standard InChI is InChI=1S/C24H23N7O3/c1-15-13-19(29-34-15)24(2,33)9-7-16-5-6-17-18(14-16)31(20-8-10-26-23(25)28-20)21(27-17)22(32)30-11-3-4-12-30/h5-6,8,10,13-14,33H,3-4,11-12H2,1-2H3,(H2,25,26,28). The third kappa shape index (κ3) is 3.97. The van der Waals surface area contributed by atoms with E-state index in [0.29, 0.717) is 47.0 Å². The van der Waals surface area contributed by atoms with Crippen molar-refractivity contribution in [2.75, 3.05) is 18.8 Å². The van der Waals surface area contributed by atoms with Crippen LogP contribution in [0.1, 0.15) is 47.4 Å². The lowest BCUT2D eigenvalue weighted by Crippen LogP contribution is -2.30. The smallest absolute Gasteiger partial charge is 0.290 e. The average Bonchev–Trinajstić information content (AvgIpc) is 3.57. The first-order chi connectivity index (χ1) is 16.3. The Hall–Kier alpha value is -4.23. The van der Waals surface area contributed by atoms with Crippen LogP contribution in [-0.2, 0) is 5.60 Å². The number of aryl methyl sites for hydroxylation is 1. The van der Waals surface area contributed by atoms with Gasteiger partial charge in [-0.15, -0.1) is 0 Å². The maximum absolute atomic E-state index is 13.3. The number of nitrogens with zero attached hydrogens (tertiary/aromatic N) is 6. The second-order valence-corrected chi connectivity index (χ2v) is 8.39. The molecule has 1 aromatic carbocycles. The molecule has 0 aliphatic carbocycles. The quantitative estimate of drug-likeness (QED) is 0.447. The monoisotopic (exact) mass is 457 g/mol. The van der Waals surface area contributed by atoms with Crippen molar-refractivity contribution < 1.29 is 14.4 Å². The number of aromatic nitrogens is 5. The van der Waals surface area contributed by atoms with Gasteiger partial charge in [0.15, 0.2) is 5.60 Å². The zero-order chi connectivity index (χ0) is 23.9. The fourth-order valence-electron chi connectivity index (χ4n) is 3.93. The summed E-state index contributed by atoms with van der Waals surface area (Å²) in [7, 11) is 0. The van der Waals surface area contributed by atoms with Crippen LogP contribution in [0.2, 0.25) is 0 Å². The Morgan fingerprint density at radius 1 is 1.21 bits per heavy atom. The Labute approximate surface area is 195 Å². The molecule has 4 aromatic rings. The molecule has 1 aliphatic heterocycles. The van der Waals surface area contributed by atoms with Crippen LogP contribution in [0.4, 0.5) is 5.95 Å². The number of hydrogen-bond donors (Lipinski definition) is 2. The van der Waals surface area contributed by atoms with Gasteiger partial charge in [-0.3, -0.25) is 9.36 Å². The van der Waals surface area contributed by atoms with Crippen LogP contribution in [0.25, 0.3) is 16.9 Å². The van der Waals surface area contributed by atoms with Crippen molar-refractivity contribution in [1.29, 1.82) is 0 Å². The predicted molar refractivity (Wildman–Crippen MR) is 124 cm³/mol. The van der Waals surface area contributed by atoms with E-state index in [1.54, 1.807) is 53.6 Å². The van der Waals surface area contributed by atoms with Crippen molar-refractivity contribution >= 4 is 22.9 Å². The minimum absolute atomic E-state index is 0.0915. The lowest BCUT2D eigenvalue weighted by molar-refractivity contribution is 0.0779. The molecule has 0 spiro atoms. The van der Waals surface area contributed by atoms with E-state index >= 15 is 0 Å². The number of imidazole rings is 1. The molecule has 172 valence electrons. The Morgan fingerprint density at radius 2 is 2.00 bits per heavy atom. The van der Waals surface area contributed by atoms with Gasteiger partial charge in [0.05, 0.1) is 11.0 Å². The summed E-state index contributed by atoms with van der Waals surface area (Å²) >= 11 is 0. The van der Waals surface area contributed by atoms with Crippen molar-refractivity contribution in [2.24, 2.45) is 0 Å². The van der Waals surface area contributed by atoms with Gasteiger partial charge in [0.2, 0.25) is 11.8 Å². The van der Waals surface area contributed by atoms with Crippen LogP contribution in [0.5, 0.6) is 0 Å². The number of benzene rings is 1. The largest absolute Gasteiger partial charge is 0.372 e. The van der Waals surface area contributed by atoms with Crippen LogP contribution < -0.4 is 5.73 Å². The Kier molecular flexibility index (Phi) is 5.26. The van der Waals surface area contributed by atoms with Crippen molar-refractivity contribution in [2.45, 2.75) is 32.3 Å². The summed E-state index contributed by atoms with van der Waals surface area (Å²) in [6.45, 7) is 4.69. The molecule has 5 rings (SSSR count). The van der Waals surface area contributed by atoms with E-state index in [0.717, 1.165) is 12.8 Å². The lowest BCUT2D eigenvalue weighted by Gasteiger charge is -2.15. The molecule has 10 heteroatoms.